The van der Waals surface area contributed by atoms with Gasteiger partial charge in [-0.05, 0) is 48.9 Å². The summed E-state index contributed by atoms with van der Waals surface area (Å²) in [5.41, 5.74) is 4.56. The van der Waals surface area contributed by atoms with Gasteiger partial charge in [-0.2, -0.15) is 0 Å². The molecular weight excluding hydrogens is 406 g/mol. The average molecular weight is 431 g/mol. The summed E-state index contributed by atoms with van der Waals surface area (Å²) in [6.07, 6.45) is 3.82. The van der Waals surface area contributed by atoms with Crippen LogP contribution >= 0.6 is 0 Å². The molecule has 32 heavy (non-hydrogen) atoms. The average Bonchev–Trinajstić information content (AvgIpc) is 3.47. The zero-order valence-corrected chi connectivity index (χ0v) is 17.8. The molecule has 0 aliphatic carbocycles. The second-order valence-electron chi connectivity index (χ2n) is 7.41. The van der Waals surface area contributed by atoms with Gasteiger partial charge in [0.1, 0.15) is 18.6 Å². The number of nitrogens with zero attached hydrogens (tertiary/aromatic N) is 1. The normalized spacial score (nSPS) is 10.8. The Morgan fingerprint density at radius 3 is 2.72 bits per heavy atom. The number of nitrogens with one attached hydrogen (secondary N) is 2. The zero-order valence-electron chi connectivity index (χ0n) is 17.8. The Morgan fingerprint density at radius 2 is 1.91 bits per heavy atom. The summed E-state index contributed by atoms with van der Waals surface area (Å²) < 4.78 is 16.4. The number of anilines is 1. The van der Waals surface area contributed by atoms with Crippen LogP contribution in [0.25, 0.3) is 11.5 Å². The molecule has 2 aromatic heterocycles. The highest BCUT2D eigenvalue weighted by Crippen LogP contribution is 2.19. The number of aromatic nitrogens is 1. The van der Waals surface area contributed by atoms with Crippen LogP contribution < -0.4 is 10.6 Å². The SMILES string of the molecule is Cc1ccc(-c2nc(CCNC(=O)Nc3cccc(COCc4ccco4)c3)co2)cc1. The van der Waals surface area contributed by atoms with E-state index in [1.54, 1.807) is 12.5 Å². The Bertz CT molecular complexity index is 1130. The predicted molar refractivity (Wildman–Crippen MR) is 121 cm³/mol. The maximum atomic E-state index is 12.2. The van der Waals surface area contributed by atoms with Crippen LogP contribution in [0.4, 0.5) is 10.5 Å². The van der Waals surface area contributed by atoms with Crippen molar-refractivity contribution in [3.05, 3.63) is 95.8 Å². The lowest BCUT2D eigenvalue weighted by Gasteiger charge is -2.09. The molecule has 7 nitrogen and oxygen atoms in total. The number of ether oxygens (including phenoxy) is 1. The molecule has 7 heteroatoms. The van der Waals surface area contributed by atoms with Gasteiger partial charge in [-0.15, -0.1) is 0 Å². The summed E-state index contributed by atoms with van der Waals surface area (Å²) in [4.78, 5) is 16.7. The molecule has 2 aromatic carbocycles. The maximum absolute atomic E-state index is 12.2. The molecule has 0 saturated heterocycles. The van der Waals surface area contributed by atoms with Gasteiger partial charge < -0.3 is 24.2 Å². The van der Waals surface area contributed by atoms with Crippen molar-refractivity contribution >= 4 is 11.7 Å². The molecule has 0 atom stereocenters. The van der Waals surface area contributed by atoms with Crippen LogP contribution in [0.15, 0.2) is 82.0 Å². The number of hydrogen-bond donors (Lipinski definition) is 2. The molecule has 2 amide bonds. The number of urea groups is 1. The molecule has 2 N–H and O–H groups in total. The number of benzene rings is 2. The predicted octanol–water partition coefficient (Wildman–Crippen LogP) is 5.32. The van der Waals surface area contributed by atoms with Gasteiger partial charge in [0.15, 0.2) is 0 Å². The molecule has 0 aliphatic heterocycles. The van der Waals surface area contributed by atoms with E-state index < -0.39 is 0 Å². The standard InChI is InChI=1S/C25H25N3O4/c1-18-7-9-20(10-8-18)24-27-22(16-32-24)11-12-26-25(29)28-21-5-2-4-19(14-21)15-30-17-23-6-3-13-31-23/h2-10,13-14,16H,11-12,15,17H2,1H3,(H2,26,28,29). The van der Waals surface area contributed by atoms with Crippen molar-refractivity contribution in [1.82, 2.24) is 10.3 Å². The third-order valence-electron chi connectivity index (χ3n) is 4.79. The van der Waals surface area contributed by atoms with Gasteiger partial charge in [0.05, 0.1) is 18.6 Å². The monoisotopic (exact) mass is 431 g/mol. The minimum absolute atomic E-state index is 0.277. The smallest absolute Gasteiger partial charge is 0.319 e. The van der Waals surface area contributed by atoms with Crippen molar-refractivity contribution < 1.29 is 18.4 Å². The fourth-order valence-corrected chi connectivity index (χ4v) is 3.13. The first-order valence-corrected chi connectivity index (χ1v) is 10.4. The van der Waals surface area contributed by atoms with E-state index in [-0.39, 0.29) is 6.03 Å². The Morgan fingerprint density at radius 1 is 1.03 bits per heavy atom. The summed E-state index contributed by atoms with van der Waals surface area (Å²) in [5, 5.41) is 5.68. The number of furan rings is 1. The van der Waals surface area contributed by atoms with Gasteiger partial charge in [0.2, 0.25) is 5.89 Å². The van der Waals surface area contributed by atoms with Crippen LogP contribution in [0, 0.1) is 6.92 Å². The highest BCUT2D eigenvalue weighted by Gasteiger charge is 2.08. The third-order valence-corrected chi connectivity index (χ3v) is 4.79. The minimum Gasteiger partial charge on any atom is -0.467 e. The molecule has 0 fully saturated rings. The van der Waals surface area contributed by atoms with Crippen molar-refractivity contribution in [2.75, 3.05) is 11.9 Å². The van der Waals surface area contributed by atoms with Gasteiger partial charge in [-0.3, -0.25) is 0 Å². The van der Waals surface area contributed by atoms with Crippen LogP contribution in [-0.4, -0.2) is 17.6 Å². The first kappa shape index (κ1) is 21.4. The summed E-state index contributed by atoms with van der Waals surface area (Å²) in [5.74, 6) is 1.35. The number of amides is 2. The van der Waals surface area contributed by atoms with Gasteiger partial charge in [-0.1, -0.05) is 29.8 Å². The van der Waals surface area contributed by atoms with Gasteiger partial charge in [0, 0.05) is 24.2 Å². The first-order chi connectivity index (χ1) is 15.7. The highest BCUT2D eigenvalue weighted by atomic mass is 16.5. The van der Waals surface area contributed by atoms with Crippen LogP contribution in [0.1, 0.15) is 22.6 Å². The zero-order chi connectivity index (χ0) is 22.2. The van der Waals surface area contributed by atoms with Crippen molar-refractivity contribution in [2.45, 2.75) is 26.6 Å². The van der Waals surface area contributed by atoms with Crippen LogP contribution in [-0.2, 0) is 24.4 Å². The summed E-state index contributed by atoms with van der Waals surface area (Å²) in [6, 6.07) is 19.0. The number of carbonyl (C=O) groups excluding carboxylic acids is 1. The van der Waals surface area contributed by atoms with Crippen LogP contribution in [0.2, 0.25) is 0 Å². The number of oxazole rings is 1. The number of carbonyl (C=O) groups is 1. The molecule has 164 valence electrons. The fourth-order valence-electron chi connectivity index (χ4n) is 3.13. The molecule has 2 heterocycles. The van der Waals surface area contributed by atoms with E-state index in [0.717, 1.165) is 22.6 Å². The van der Waals surface area contributed by atoms with Crippen molar-refractivity contribution in [2.24, 2.45) is 0 Å². The molecular formula is C25H25N3O4. The van der Waals surface area contributed by atoms with E-state index in [0.29, 0.717) is 37.8 Å². The highest BCUT2D eigenvalue weighted by molar-refractivity contribution is 5.89. The van der Waals surface area contributed by atoms with Gasteiger partial charge in [0.25, 0.3) is 0 Å². The van der Waals surface area contributed by atoms with E-state index in [1.807, 2.05) is 67.6 Å². The fraction of sp³-hybridized carbons (Fsp3) is 0.200. The Balaban J connectivity index is 1.21. The van der Waals surface area contributed by atoms with E-state index in [2.05, 4.69) is 15.6 Å². The molecule has 0 aliphatic rings. The largest absolute Gasteiger partial charge is 0.467 e. The molecule has 0 bridgehead atoms. The molecule has 4 rings (SSSR count). The number of aryl methyl sites for hydroxylation is 1. The first-order valence-electron chi connectivity index (χ1n) is 10.4. The molecule has 0 spiro atoms. The number of hydrogen-bond acceptors (Lipinski definition) is 5. The summed E-state index contributed by atoms with van der Waals surface area (Å²) in [7, 11) is 0. The lowest BCUT2D eigenvalue weighted by molar-refractivity contribution is 0.0930. The van der Waals surface area contributed by atoms with Crippen LogP contribution in [0.3, 0.4) is 0 Å². The topological polar surface area (TPSA) is 89.5 Å². The van der Waals surface area contributed by atoms with Crippen molar-refractivity contribution in [3.63, 3.8) is 0 Å². The second kappa shape index (κ2) is 10.5. The number of rotatable bonds is 9. The Kier molecular flexibility index (Phi) is 6.99. The summed E-state index contributed by atoms with van der Waals surface area (Å²) in [6.45, 7) is 3.30. The summed E-state index contributed by atoms with van der Waals surface area (Å²) >= 11 is 0. The van der Waals surface area contributed by atoms with Crippen LogP contribution in [0.5, 0.6) is 0 Å². The van der Waals surface area contributed by atoms with Crippen molar-refractivity contribution in [3.8, 4) is 11.5 Å². The lowest BCUT2D eigenvalue weighted by atomic mass is 10.1. The van der Waals surface area contributed by atoms with Gasteiger partial charge >= 0.3 is 6.03 Å². The maximum Gasteiger partial charge on any atom is 0.319 e. The second-order valence-corrected chi connectivity index (χ2v) is 7.41. The quantitative estimate of drug-likeness (QED) is 0.374. The molecule has 0 radical (unpaired) electrons. The van der Waals surface area contributed by atoms with Crippen molar-refractivity contribution in [1.29, 1.82) is 0 Å². The Hall–Kier alpha value is -3.84. The third kappa shape index (κ3) is 6.09. The minimum atomic E-state index is -0.277. The Labute approximate surface area is 186 Å². The van der Waals surface area contributed by atoms with Gasteiger partial charge in [-0.25, -0.2) is 9.78 Å². The van der Waals surface area contributed by atoms with E-state index >= 15 is 0 Å². The van der Waals surface area contributed by atoms with E-state index in [4.69, 9.17) is 13.6 Å². The van der Waals surface area contributed by atoms with E-state index in [1.165, 1.54) is 5.56 Å². The molecule has 4 aromatic rings. The lowest BCUT2D eigenvalue weighted by Crippen LogP contribution is -2.30. The van der Waals surface area contributed by atoms with E-state index in [9.17, 15) is 4.79 Å². The molecule has 0 unspecified atom stereocenters. The molecule has 0 saturated carbocycles.